The number of nitrogens with one attached hydrogen (secondary N) is 3. The Bertz CT molecular complexity index is 844. The highest BCUT2D eigenvalue weighted by molar-refractivity contribution is 5.72. The van der Waals surface area contributed by atoms with Crippen LogP contribution in [0, 0.1) is 0 Å². The van der Waals surface area contributed by atoms with Crippen molar-refractivity contribution in [3.63, 3.8) is 0 Å². The summed E-state index contributed by atoms with van der Waals surface area (Å²) in [5, 5.41) is 17.2. The lowest BCUT2D eigenvalue weighted by atomic mass is 10.0. The van der Waals surface area contributed by atoms with E-state index >= 15 is 0 Å². The van der Waals surface area contributed by atoms with Crippen molar-refractivity contribution in [2.75, 3.05) is 12.4 Å². The summed E-state index contributed by atoms with van der Waals surface area (Å²) in [6.45, 7) is 8.06. The molecule has 3 rings (SSSR count). The number of carbonyl (C=O) groups is 2. The fraction of sp³-hybridized carbons (Fsp3) is 0.636. The molecule has 172 valence electrons. The number of aldehydes is 1. The largest absolute Gasteiger partial charge is 0.446 e. The van der Waals surface area contributed by atoms with Gasteiger partial charge in [-0.3, -0.25) is 14.6 Å². The Morgan fingerprint density at radius 1 is 1.35 bits per heavy atom. The van der Waals surface area contributed by atoms with Gasteiger partial charge >= 0.3 is 6.09 Å². The quantitative estimate of drug-likeness (QED) is 0.571. The van der Waals surface area contributed by atoms with Gasteiger partial charge in [0.15, 0.2) is 6.29 Å². The van der Waals surface area contributed by atoms with E-state index in [4.69, 9.17) is 4.74 Å². The molecule has 0 aliphatic heterocycles. The molecule has 31 heavy (non-hydrogen) atoms. The molecule has 2 aromatic rings. The minimum absolute atomic E-state index is 0.00471. The van der Waals surface area contributed by atoms with Crippen molar-refractivity contribution in [3.05, 3.63) is 29.2 Å². The molecule has 2 heterocycles. The second-order valence-corrected chi connectivity index (χ2v) is 8.34. The van der Waals surface area contributed by atoms with E-state index in [2.05, 4.69) is 39.8 Å². The van der Waals surface area contributed by atoms with Crippen LogP contribution >= 0.6 is 0 Å². The Balaban J connectivity index is 0.000000245. The van der Waals surface area contributed by atoms with Crippen LogP contribution in [0.5, 0.6) is 0 Å². The number of hydrogen-bond acceptors (Lipinski definition) is 6. The van der Waals surface area contributed by atoms with E-state index in [0.717, 1.165) is 49.2 Å². The van der Waals surface area contributed by atoms with Gasteiger partial charge in [-0.15, -0.1) is 0 Å². The van der Waals surface area contributed by atoms with Gasteiger partial charge in [-0.25, -0.2) is 4.79 Å². The maximum absolute atomic E-state index is 11.5. The summed E-state index contributed by atoms with van der Waals surface area (Å²) in [5.74, 6) is 1.67. The smallest absolute Gasteiger partial charge is 0.407 e. The fourth-order valence-corrected chi connectivity index (χ4v) is 3.49. The Morgan fingerprint density at radius 2 is 2.10 bits per heavy atom. The van der Waals surface area contributed by atoms with Crippen molar-refractivity contribution in [2.24, 2.45) is 7.05 Å². The number of alkyl carbamates (subject to hydrolysis) is 1. The number of nitrogens with zero attached hydrogens (tertiary/aromatic N) is 3. The lowest BCUT2D eigenvalue weighted by Gasteiger charge is -2.14. The van der Waals surface area contributed by atoms with E-state index in [0.29, 0.717) is 17.5 Å². The average Bonchev–Trinajstić information content (AvgIpc) is 3.46. The van der Waals surface area contributed by atoms with E-state index < -0.39 is 0 Å². The number of hydrogen-bond donors (Lipinski definition) is 3. The monoisotopic (exact) mass is 432 g/mol. The van der Waals surface area contributed by atoms with E-state index in [9.17, 15) is 9.59 Å². The minimum Gasteiger partial charge on any atom is -0.446 e. The van der Waals surface area contributed by atoms with Gasteiger partial charge in [0.25, 0.3) is 0 Å². The van der Waals surface area contributed by atoms with Crippen molar-refractivity contribution in [1.29, 1.82) is 0 Å². The summed E-state index contributed by atoms with van der Waals surface area (Å²) in [4.78, 5) is 22.0. The minimum atomic E-state index is -0.318. The van der Waals surface area contributed by atoms with Crippen LogP contribution in [0.25, 0.3) is 0 Å². The number of H-pyrrole nitrogens is 1. The lowest BCUT2D eigenvalue weighted by molar-refractivity contribution is 0.0981. The predicted octanol–water partition coefficient (Wildman–Crippen LogP) is 3.97. The molecule has 9 nitrogen and oxygen atoms in total. The molecule has 3 atom stereocenters. The number of rotatable bonds is 7. The number of aromatic nitrogens is 4. The normalized spacial score (nSPS) is 18.8. The van der Waals surface area contributed by atoms with Gasteiger partial charge in [-0.05, 0) is 51.5 Å². The molecule has 2 aromatic heterocycles. The van der Waals surface area contributed by atoms with Crippen LogP contribution in [0.3, 0.4) is 0 Å². The van der Waals surface area contributed by atoms with E-state index in [1.807, 2.05) is 33.0 Å². The highest BCUT2D eigenvalue weighted by Gasteiger charge is 2.29. The zero-order valence-corrected chi connectivity index (χ0v) is 19.4. The maximum Gasteiger partial charge on any atom is 0.407 e. The second kappa shape index (κ2) is 11.5. The number of ether oxygens (including phenoxy) is 1. The molecule has 1 amide bonds. The first-order chi connectivity index (χ1) is 14.8. The molecular formula is C22H36N6O3. The Labute approximate surface area is 184 Å². The third-order valence-electron chi connectivity index (χ3n) is 5.53. The predicted molar refractivity (Wildman–Crippen MR) is 121 cm³/mol. The number of amides is 1. The molecule has 1 fully saturated rings. The van der Waals surface area contributed by atoms with Crippen LogP contribution < -0.4 is 10.6 Å². The van der Waals surface area contributed by atoms with Gasteiger partial charge in [0, 0.05) is 37.8 Å². The molecule has 1 aliphatic rings. The summed E-state index contributed by atoms with van der Waals surface area (Å²) < 4.78 is 7.03. The number of anilines is 1. The highest BCUT2D eigenvalue weighted by atomic mass is 16.6. The van der Waals surface area contributed by atoms with Crippen LogP contribution in [0.2, 0.25) is 0 Å². The summed E-state index contributed by atoms with van der Waals surface area (Å²) in [5.41, 5.74) is 2.76. The van der Waals surface area contributed by atoms with E-state index in [1.54, 1.807) is 11.7 Å². The molecule has 3 unspecified atom stereocenters. The zero-order valence-electron chi connectivity index (χ0n) is 19.4. The lowest BCUT2D eigenvalue weighted by Crippen LogP contribution is -2.33. The molecule has 0 spiro atoms. The van der Waals surface area contributed by atoms with Gasteiger partial charge in [0.1, 0.15) is 17.6 Å². The standard InChI is InChI=1S/C13H22N4O2.C9H14N2O/c1-8(2)15-13(18)19-10-5-4-9(6-10)11-7-12(14-3)17-16-11;1-4-7(2)9-5-8(6-12)11(3)10-9/h7-10H,4-6H2,1-3H3,(H,15,18)(H2,14,16,17);5-7H,4H2,1-3H3. The van der Waals surface area contributed by atoms with Crippen LogP contribution in [0.4, 0.5) is 10.6 Å². The van der Waals surface area contributed by atoms with Crippen molar-refractivity contribution in [3.8, 4) is 0 Å². The SMILES string of the molecule is CCC(C)c1cc(C=O)n(C)n1.CNc1cc(C2CCC(OC(=O)NC(C)C)C2)[nH]n1. The maximum atomic E-state index is 11.5. The third-order valence-corrected chi connectivity index (χ3v) is 5.53. The van der Waals surface area contributed by atoms with Crippen molar-refractivity contribution in [1.82, 2.24) is 25.3 Å². The Hall–Kier alpha value is -2.84. The van der Waals surface area contributed by atoms with Crippen LogP contribution in [-0.4, -0.2) is 51.6 Å². The zero-order chi connectivity index (χ0) is 23.0. The van der Waals surface area contributed by atoms with Gasteiger partial charge < -0.3 is 15.4 Å². The van der Waals surface area contributed by atoms with Crippen molar-refractivity contribution >= 4 is 18.2 Å². The molecule has 0 aromatic carbocycles. The van der Waals surface area contributed by atoms with Crippen LogP contribution in [0.15, 0.2) is 12.1 Å². The summed E-state index contributed by atoms with van der Waals surface area (Å²) in [7, 11) is 3.63. The third kappa shape index (κ3) is 7.11. The molecule has 1 aliphatic carbocycles. The van der Waals surface area contributed by atoms with Gasteiger partial charge in [0.05, 0.1) is 5.69 Å². The summed E-state index contributed by atoms with van der Waals surface area (Å²) >= 11 is 0. The molecule has 1 saturated carbocycles. The number of aromatic amines is 1. The number of carbonyl (C=O) groups excluding carboxylic acids is 2. The first-order valence-corrected chi connectivity index (χ1v) is 11.0. The fourth-order valence-electron chi connectivity index (χ4n) is 3.49. The molecule has 9 heteroatoms. The summed E-state index contributed by atoms with van der Waals surface area (Å²) in [6.07, 6.45) is 4.35. The Kier molecular flexibility index (Phi) is 9.08. The molecular weight excluding hydrogens is 396 g/mol. The van der Waals surface area contributed by atoms with E-state index in [1.165, 1.54) is 0 Å². The molecule has 0 bridgehead atoms. The molecule has 0 saturated heterocycles. The van der Waals surface area contributed by atoms with Crippen molar-refractivity contribution in [2.45, 2.75) is 77.4 Å². The number of aryl methyl sites for hydroxylation is 1. The van der Waals surface area contributed by atoms with Gasteiger partial charge in [-0.1, -0.05) is 13.8 Å². The summed E-state index contributed by atoms with van der Waals surface area (Å²) in [6, 6.07) is 3.97. The van der Waals surface area contributed by atoms with Gasteiger partial charge in [0.2, 0.25) is 0 Å². The molecule has 3 N–H and O–H groups in total. The van der Waals surface area contributed by atoms with Crippen LogP contribution in [0.1, 0.15) is 87.1 Å². The Morgan fingerprint density at radius 3 is 2.65 bits per heavy atom. The van der Waals surface area contributed by atoms with E-state index in [-0.39, 0.29) is 18.2 Å². The average molecular weight is 433 g/mol. The van der Waals surface area contributed by atoms with Gasteiger partial charge in [-0.2, -0.15) is 10.2 Å². The highest BCUT2D eigenvalue weighted by Crippen LogP contribution is 2.35. The first-order valence-electron chi connectivity index (χ1n) is 11.0. The van der Waals surface area contributed by atoms with Crippen LogP contribution in [-0.2, 0) is 11.8 Å². The topological polar surface area (TPSA) is 114 Å². The first kappa shape index (κ1) is 24.4. The van der Waals surface area contributed by atoms with Crippen molar-refractivity contribution < 1.29 is 14.3 Å². The second-order valence-electron chi connectivity index (χ2n) is 8.34. The molecule has 0 radical (unpaired) electrons.